The van der Waals surface area contributed by atoms with E-state index in [1.807, 2.05) is 0 Å². The van der Waals surface area contributed by atoms with E-state index in [2.05, 4.69) is 25.6 Å². The molecule has 1 N–H and O–H groups in total. The van der Waals surface area contributed by atoms with Crippen molar-refractivity contribution in [2.24, 2.45) is 12.5 Å². The second kappa shape index (κ2) is 5.30. The van der Waals surface area contributed by atoms with Gasteiger partial charge in [-0.2, -0.15) is 0 Å². The molecule has 1 aromatic heterocycles. The molecule has 0 bridgehead atoms. The fraction of sp³-hybridized carbons (Fsp3) is 0.727. The molecule has 102 valence electrons. The second-order valence-electron chi connectivity index (χ2n) is 5.04. The Bertz CT molecular complexity index is 506. The molecule has 1 heterocycles. The van der Waals surface area contributed by atoms with Crippen LogP contribution in [0.3, 0.4) is 0 Å². The molecule has 0 aromatic carbocycles. The average Bonchev–Trinajstić information content (AvgIpc) is 2.96. The number of sulfonamides is 1. The quantitative estimate of drug-likeness (QED) is 0.832. The van der Waals surface area contributed by atoms with Crippen molar-refractivity contribution in [3.63, 3.8) is 0 Å². The minimum atomic E-state index is -3.48. The largest absolute Gasteiger partial charge is 0.339 e. The summed E-state index contributed by atoms with van der Waals surface area (Å²) >= 11 is 3.51. The van der Waals surface area contributed by atoms with Crippen LogP contribution in [-0.4, -0.2) is 29.8 Å². The molecular weight excluding hydrogens is 318 g/mol. The average molecular weight is 336 g/mol. The molecule has 0 radical (unpaired) electrons. The fourth-order valence-corrected chi connectivity index (χ4v) is 4.23. The summed E-state index contributed by atoms with van der Waals surface area (Å²) in [6, 6.07) is 0. The Kier molecular flexibility index (Phi) is 4.13. The third kappa shape index (κ3) is 2.95. The Balaban J connectivity index is 2.05. The SMILES string of the molecule is Cn1cnc(S(=O)(=O)NCC2(CBr)CCCC2)c1. The van der Waals surface area contributed by atoms with Gasteiger partial charge in [0.2, 0.25) is 0 Å². The molecule has 1 fully saturated rings. The second-order valence-corrected chi connectivity index (χ2v) is 7.32. The predicted octanol–water partition coefficient (Wildman–Crippen LogP) is 1.65. The summed E-state index contributed by atoms with van der Waals surface area (Å²) in [4.78, 5) is 3.88. The molecule has 1 aliphatic carbocycles. The van der Waals surface area contributed by atoms with Gasteiger partial charge in [0.25, 0.3) is 10.0 Å². The highest BCUT2D eigenvalue weighted by Gasteiger charge is 2.34. The molecule has 2 rings (SSSR count). The first kappa shape index (κ1) is 14.0. The number of hydrogen-bond donors (Lipinski definition) is 1. The van der Waals surface area contributed by atoms with Crippen LogP contribution in [0.4, 0.5) is 0 Å². The first-order valence-corrected chi connectivity index (χ1v) is 8.62. The summed E-state index contributed by atoms with van der Waals surface area (Å²) < 4.78 is 28.4. The zero-order chi connectivity index (χ0) is 13.2. The van der Waals surface area contributed by atoms with Gasteiger partial charge in [0.1, 0.15) is 0 Å². The summed E-state index contributed by atoms with van der Waals surface area (Å²) in [6.45, 7) is 0.483. The number of aryl methyl sites for hydroxylation is 1. The van der Waals surface area contributed by atoms with E-state index in [9.17, 15) is 8.42 Å². The van der Waals surface area contributed by atoms with Crippen LogP contribution in [-0.2, 0) is 17.1 Å². The van der Waals surface area contributed by atoms with Gasteiger partial charge in [-0.25, -0.2) is 18.1 Å². The maximum atomic E-state index is 12.1. The van der Waals surface area contributed by atoms with Crippen LogP contribution < -0.4 is 4.72 Å². The van der Waals surface area contributed by atoms with Crippen LogP contribution in [0.15, 0.2) is 17.6 Å². The Morgan fingerprint density at radius 1 is 1.50 bits per heavy atom. The lowest BCUT2D eigenvalue weighted by molar-refractivity contribution is 0.347. The normalized spacial score (nSPS) is 19.2. The maximum absolute atomic E-state index is 12.1. The standard InChI is InChI=1S/C11H18BrN3O2S/c1-15-6-10(13-9-15)18(16,17)14-8-11(7-12)4-2-3-5-11/h6,9,14H,2-5,7-8H2,1H3. The van der Waals surface area contributed by atoms with Gasteiger partial charge in [-0.3, -0.25) is 0 Å². The molecule has 18 heavy (non-hydrogen) atoms. The highest BCUT2D eigenvalue weighted by Crippen LogP contribution is 2.39. The summed E-state index contributed by atoms with van der Waals surface area (Å²) in [5, 5.41) is 0.929. The lowest BCUT2D eigenvalue weighted by Crippen LogP contribution is -2.37. The van der Waals surface area contributed by atoms with Gasteiger partial charge in [0.05, 0.1) is 6.33 Å². The summed E-state index contributed by atoms with van der Waals surface area (Å²) in [6.07, 6.45) is 7.50. The molecule has 7 heteroatoms. The van der Waals surface area contributed by atoms with E-state index in [1.54, 1.807) is 11.6 Å². The summed E-state index contributed by atoms with van der Waals surface area (Å²) in [5.74, 6) is 0. The van der Waals surface area contributed by atoms with E-state index in [4.69, 9.17) is 0 Å². The van der Waals surface area contributed by atoms with Crippen molar-refractivity contribution in [1.29, 1.82) is 0 Å². The molecule has 1 aromatic rings. The minimum absolute atomic E-state index is 0.0713. The number of halogens is 1. The van der Waals surface area contributed by atoms with Crippen molar-refractivity contribution in [2.75, 3.05) is 11.9 Å². The van der Waals surface area contributed by atoms with Gasteiger partial charge >= 0.3 is 0 Å². The molecule has 0 atom stereocenters. The highest BCUT2D eigenvalue weighted by atomic mass is 79.9. The van der Waals surface area contributed by atoms with Gasteiger partial charge < -0.3 is 4.57 Å². The number of alkyl halides is 1. The zero-order valence-electron chi connectivity index (χ0n) is 10.4. The van der Waals surface area contributed by atoms with Crippen molar-refractivity contribution in [3.05, 3.63) is 12.5 Å². The van der Waals surface area contributed by atoms with Crippen molar-refractivity contribution in [2.45, 2.75) is 30.7 Å². The number of nitrogens with one attached hydrogen (secondary N) is 1. The van der Waals surface area contributed by atoms with E-state index in [-0.39, 0.29) is 10.4 Å². The lowest BCUT2D eigenvalue weighted by atomic mass is 9.89. The van der Waals surface area contributed by atoms with Gasteiger partial charge in [-0.05, 0) is 18.3 Å². The molecule has 0 spiro atoms. The van der Waals surface area contributed by atoms with Crippen LogP contribution in [0.25, 0.3) is 0 Å². The molecule has 0 amide bonds. The Hall–Kier alpha value is -0.400. The van der Waals surface area contributed by atoms with Crippen molar-refractivity contribution < 1.29 is 8.42 Å². The number of rotatable bonds is 5. The molecule has 0 unspecified atom stereocenters. The van der Waals surface area contributed by atoms with Crippen LogP contribution in [0.5, 0.6) is 0 Å². The van der Waals surface area contributed by atoms with E-state index < -0.39 is 10.0 Å². The van der Waals surface area contributed by atoms with E-state index in [1.165, 1.54) is 25.4 Å². The molecule has 0 aliphatic heterocycles. The van der Waals surface area contributed by atoms with Crippen molar-refractivity contribution in [1.82, 2.24) is 14.3 Å². The number of imidazole rings is 1. The minimum Gasteiger partial charge on any atom is -0.339 e. The van der Waals surface area contributed by atoms with Crippen LogP contribution in [0.2, 0.25) is 0 Å². The molecule has 1 saturated carbocycles. The van der Waals surface area contributed by atoms with Gasteiger partial charge in [0.15, 0.2) is 5.03 Å². The topological polar surface area (TPSA) is 64.0 Å². The molecule has 5 nitrogen and oxygen atoms in total. The highest BCUT2D eigenvalue weighted by molar-refractivity contribution is 9.09. The van der Waals surface area contributed by atoms with Gasteiger partial charge in [0, 0.05) is 25.1 Å². The maximum Gasteiger partial charge on any atom is 0.259 e. The van der Waals surface area contributed by atoms with E-state index in [0.717, 1.165) is 18.2 Å². The third-order valence-electron chi connectivity index (χ3n) is 3.54. The number of nitrogens with zero attached hydrogens (tertiary/aromatic N) is 2. The summed E-state index contributed by atoms with van der Waals surface area (Å²) in [5.41, 5.74) is 0.0713. The number of aromatic nitrogens is 2. The Morgan fingerprint density at radius 3 is 2.67 bits per heavy atom. The van der Waals surface area contributed by atoms with E-state index in [0.29, 0.717) is 6.54 Å². The smallest absolute Gasteiger partial charge is 0.259 e. The van der Waals surface area contributed by atoms with E-state index >= 15 is 0 Å². The van der Waals surface area contributed by atoms with Gasteiger partial charge in [-0.1, -0.05) is 28.8 Å². The first-order chi connectivity index (χ1) is 8.47. The Labute approximate surface area is 116 Å². The molecule has 1 aliphatic rings. The monoisotopic (exact) mass is 335 g/mol. The third-order valence-corrected chi connectivity index (χ3v) is 6.02. The van der Waals surface area contributed by atoms with Crippen LogP contribution >= 0.6 is 15.9 Å². The first-order valence-electron chi connectivity index (χ1n) is 6.01. The predicted molar refractivity (Wildman–Crippen MR) is 73.1 cm³/mol. The Morgan fingerprint density at radius 2 is 2.17 bits per heavy atom. The lowest BCUT2D eigenvalue weighted by Gasteiger charge is -2.26. The van der Waals surface area contributed by atoms with Gasteiger partial charge in [-0.15, -0.1) is 0 Å². The number of hydrogen-bond acceptors (Lipinski definition) is 3. The van der Waals surface area contributed by atoms with Crippen LogP contribution in [0.1, 0.15) is 25.7 Å². The van der Waals surface area contributed by atoms with Crippen LogP contribution in [0, 0.1) is 5.41 Å². The summed E-state index contributed by atoms with van der Waals surface area (Å²) in [7, 11) is -1.72. The zero-order valence-corrected chi connectivity index (χ0v) is 12.8. The molecule has 0 saturated heterocycles. The van der Waals surface area contributed by atoms with Crippen molar-refractivity contribution >= 4 is 26.0 Å². The molecular formula is C11H18BrN3O2S. The fourth-order valence-electron chi connectivity index (χ4n) is 2.33. The van der Waals surface area contributed by atoms with Crippen molar-refractivity contribution in [3.8, 4) is 0 Å².